The minimum atomic E-state index is -0.978. The molecule has 0 aliphatic heterocycles. The Labute approximate surface area is 191 Å². The van der Waals surface area contributed by atoms with E-state index in [4.69, 9.17) is 4.74 Å². The Hall–Kier alpha value is -3.85. The van der Waals surface area contributed by atoms with Crippen LogP contribution in [0, 0.1) is 0 Å². The van der Waals surface area contributed by atoms with Crippen LogP contribution in [0.3, 0.4) is 0 Å². The Morgan fingerprint density at radius 2 is 1.91 bits per heavy atom. The Kier molecular flexibility index (Phi) is 6.06. The highest BCUT2D eigenvalue weighted by Crippen LogP contribution is 2.21. The van der Waals surface area contributed by atoms with E-state index in [0.29, 0.717) is 23.7 Å². The van der Waals surface area contributed by atoms with Crippen molar-refractivity contribution in [3.63, 3.8) is 0 Å². The van der Waals surface area contributed by atoms with Crippen LogP contribution in [0.25, 0.3) is 17.1 Å². The first-order valence-corrected chi connectivity index (χ1v) is 10.6. The first kappa shape index (κ1) is 22.3. The summed E-state index contributed by atoms with van der Waals surface area (Å²) in [7, 11) is 1.83. The fourth-order valence-electron chi connectivity index (χ4n) is 3.13. The van der Waals surface area contributed by atoms with Crippen molar-refractivity contribution in [2.75, 3.05) is 0 Å². The van der Waals surface area contributed by atoms with Gasteiger partial charge in [-0.3, -0.25) is 9.48 Å². The smallest absolute Gasteiger partial charge is 0.203 e. The van der Waals surface area contributed by atoms with Gasteiger partial charge in [0.05, 0.1) is 30.4 Å². The predicted molar refractivity (Wildman–Crippen MR) is 123 cm³/mol. The number of ether oxygens (including phenoxy) is 1. The number of nitrogens with zero attached hydrogens (tertiary/aromatic N) is 6. The third-order valence-corrected chi connectivity index (χ3v) is 5.33. The maximum Gasteiger partial charge on any atom is 0.203 e. The minimum absolute atomic E-state index is 0.126. The molecule has 33 heavy (non-hydrogen) atoms. The zero-order valence-electron chi connectivity index (χ0n) is 19.0. The zero-order chi connectivity index (χ0) is 23.6. The van der Waals surface area contributed by atoms with E-state index in [-0.39, 0.29) is 5.43 Å². The normalized spacial score (nSPS) is 12.5. The molecule has 9 heteroatoms. The van der Waals surface area contributed by atoms with E-state index in [1.807, 2.05) is 37.5 Å². The second-order valence-electron chi connectivity index (χ2n) is 8.48. The quantitative estimate of drug-likeness (QED) is 0.465. The van der Waals surface area contributed by atoms with Gasteiger partial charge >= 0.3 is 0 Å². The van der Waals surface area contributed by atoms with Crippen molar-refractivity contribution in [3.8, 4) is 22.8 Å². The van der Waals surface area contributed by atoms with Crippen molar-refractivity contribution in [2.24, 2.45) is 7.05 Å². The third-order valence-electron chi connectivity index (χ3n) is 5.33. The molecule has 3 aromatic heterocycles. The summed E-state index contributed by atoms with van der Waals surface area (Å²) in [5.41, 5.74) is 1.84. The van der Waals surface area contributed by atoms with E-state index in [1.165, 1.54) is 6.07 Å². The summed E-state index contributed by atoms with van der Waals surface area (Å²) >= 11 is 0. The molecule has 0 aliphatic rings. The molecule has 4 aromatic rings. The van der Waals surface area contributed by atoms with Crippen molar-refractivity contribution in [3.05, 3.63) is 82.8 Å². The number of aryl methyl sites for hydroxylation is 1. The molecule has 3 heterocycles. The van der Waals surface area contributed by atoms with Gasteiger partial charge < -0.3 is 9.84 Å². The zero-order valence-corrected chi connectivity index (χ0v) is 19.0. The van der Waals surface area contributed by atoms with Crippen LogP contribution in [0.1, 0.15) is 32.0 Å². The molecule has 9 nitrogen and oxygen atoms in total. The highest BCUT2D eigenvalue weighted by molar-refractivity contribution is 5.56. The first-order valence-electron chi connectivity index (χ1n) is 10.6. The largest absolute Gasteiger partial charge is 0.484 e. The van der Waals surface area contributed by atoms with Gasteiger partial charge in [-0.25, -0.2) is 14.6 Å². The molecule has 0 aliphatic carbocycles. The van der Waals surface area contributed by atoms with Crippen LogP contribution >= 0.6 is 0 Å². The number of aliphatic hydroxyl groups is 1. The number of aromatic nitrogens is 6. The lowest BCUT2D eigenvalue weighted by atomic mass is 10.0. The van der Waals surface area contributed by atoms with Gasteiger partial charge in [0.2, 0.25) is 5.43 Å². The molecule has 1 aromatic carbocycles. The van der Waals surface area contributed by atoms with Crippen molar-refractivity contribution in [1.82, 2.24) is 29.5 Å². The molecule has 4 rings (SSSR count). The molecule has 0 saturated heterocycles. The summed E-state index contributed by atoms with van der Waals surface area (Å²) in [5, 5.41) is 18.7. The van der Waals surface area contributed by atoms with Gasteiger partial charge in [-0.1, -0.05) is 18.2 Å². The monoisotopic (exact) mass is 446 g/mol. The van der Waals surface area contributed by atoms with Crippen molar-refractivity contribution in [2.45, 2.75) is 38.9 Å². The first-order chi connectivity index (χ1) is 15.7. The maximum atomic E-state index is 12.4. The summed E-state index contributed by atoms with van der Waals surface area (Å²) in [4.78, 5) is 21.2. The molecular formula is C24H26N6O3. The van der Waals surface area contributed by atoms with Gasteiger partial charge in [-0.2, -0.15) is 10.2 Å². The topological polar surface area (TPSA) is 108 Å². The lowest BCUT2D eigenvalue weighted by Gasteiger charge is -2.26. The SMILES string of the molecule is CC(Oc1cnc(-c2cccc(Cc3nn(-c4cnn(C)c4)ccc3=O)c2)nc1)C(C)(C)O. The molecule has 0 radical (unpaired) electrons. The van der Waals surface area contributed by atoms with Gasteiger partial charge in [-0.05, 0) is 32.4 Å². The minimum Gasteiger partial charge on any atom is -0.484 e. The Morgan fingerprint density at radius 1 is 1.15 bits per heavy atom. The van der Waals surface area contributed by atoms with Gasteiger partial charge in [-0.15, -0.1) is 0 Å². The van der Waals surface area contributed by atoms with Gasteiger partial charge in [0, 0.05) is 31.3 Å². The van der Waals surface area contributed by atoms with Crippen LogP contribution in [0.2, 0.25) is 0 Å². The van der Waals surface area contributed by atoms with E-state index >= 15 is 0 Å². The Bertz CT molecular complexity index is 1300. The number of benzene rings is 1. The van der Waals surface area contributed by atoms with Gasteiger partial charge in [0.25, 0.3) is 0 Å². The molecule has 0 bridgehead atoms. The van der Waals surface area contributed by atoms with Gasteiger partial charge in [0.15, 0.2) is 11.6 Å². The lowest BCUT2D eigenvalue weighted by molar-refractivity contribution is -0.0244. The highest BCUT2D eigenvalue weighted by atomic mass is 16.5. The summed E-state index contributed by atoms with van der Waals surface area (Å²) in [6.45, 7) is 5.16. The lowest BCUT2D eigenvalue weighted by Crippen LogP contribution is -2.37. The van der Waals surface area contributed by atoms with Crippen LogP contribution in [0.5, 0.6) is 5.75 Å². The molecule has 1 atom stereocenters. The van der Waals surface area contributed by atoms with Crippen LogP contribution in [-0.2, 0) is 13.5 Å². The van der Waals surface area contributed by atoms with Crippen molar-refractivity contribution >= 4 is 0 Å². The fraction of sp³-hybridized carbons (Fsp3) is 0.292. The number of rotatable bonds is 7. The average molecular weight is 447 g/mol. The molecule has 0 spiro atoms. The molecule has 170 valence electrons. The molecular weight excluding hydrogens is 420 g/mol. The van der Waals surface area contributed by atoms with Crippen molar-refractivity contribution in [1.29, 1.82) is 0 Å². The maximum absolute atomic E-state index is 12.4. The Balaban J connectivity index is 1.54. The van der Waals surface area contributed by atoms with E-state index in [1.54, 1.807) is 54.9 Å². The van der Waals surface area contributed by atoms with Crippen LogP contribution in [0.15, 0.2) is 66.1 Å². The molecule has 1 N–H and O–H groups in total. The number of hydrogen-bond acceptors (Lipinski definition) is 7. The van der Waals surface area contributed by atoms with Crippen molar-refractivity contribution < 1.29 is 9.84 Å². The second-order valence-corrected chi connectivity index (χ2v) is 8.48. The highest BCUT2D eigenvalue weighted by Gasteiger charge is 2.24. The van der Waals surface area contributed by atoms with E-state index < -0.39 is 11.7 Å². The van der Waals surface area contributed by atoms with E-state index in [9.17, 15) is 9.90 Å². The van der Waals surface area contributed by atoms with E-state index in [0.717, 1.165) is 16.8 Å². The summed E-state index contributed by atoms with van der Waals surface area (Å²) in [5.74, 6) is 1.02. The summed E-state index contributed by atoms with van der Waals surface area (Å²) in [6.07, 6.45) is 8.28. The summed E-state index contributed by atoms with van der Waals surface area (Å²) in [6, 6.07) is 9.20. The Morgan fingerprint density at radius 3 is 2.58 bits per heavy atom. The number of hydrogen-bond donors (Lipinski definition) is 1. The van der Waals surface area contributed by atoms with Crippen LogP contribution < -0.4 is 10.2 Å². The molecule has 0 saturated carbocycles. The summed E-state index contributed by atoms with van der Waals surface area (Å²) < 4.78 is 9.03. The third kappa shape index (κ3) is 5.32. The van der Waals surface area contributed by atoms with E-state index in [2.05, 4.69) is 20.2 Å². The fourth-order valence-corrected chi connectivity index (χ4v) is 3.13. The standard InChI is InChI=1S/C24H26N6O3/c1-16(24(2,3)32)33-20-13-25-23(26-14-20)18-7-5-6-17(10-18)11-21-22(31)8-9-30(28-21)19-12-27-29(4)15-19/h5-10,12-16,32H,11H2,1-4H3. The second kappa shape index (κ2) is 8.95. The van der Waals surface area contributed by atoms with Crippen LogP contribution in [0.4, 0.5) is 0 Å². The molecule has 0 amide bonds. The van der Waals surface area contributed by atoms with Gasteiger partial charge in [0.1, 0.15) is 17.5 Å². The average Bonchev–Trinajstić information content (AvgIpc) is 3.21. The van der Waals surface area contributed by atoms with Crippen LogP contribution in [-0.4, -0.2) is 46.3 Å². The predicted octanol–water partition coefficient (Wildman–Crippen LogP) is 2.55. The molecule has 1 unspecified atom stereocenters. The molecule has 0 fully saturated rings.